The first-order chi connectivity index (χ1) is 16.4. The first-order valence-corrected chi connectivity index (χ1v) is 11.9. The number of anilines is 1. The van der Waals surface area contributed by atoms with Crippen LogP contribution in [-0.4, -0.2) is 23.4 Å². The zero-order valence-corrected chi connectivity index (χ0v) is 18.9. The summed E-state index contributed by atoms with van der Waals surface area (Å²) in [4.78, 5) is 12.7. The van der Waals surface area contributed by atoms with Crippen LogP contribution in [0.4, 0.5) is 10.1 Å². The van der Waals surface area contributed by atoms with Crippen LogP contribution in [0.1, 0.15) is 5.56 Å². The molecule has 0 radical (unpaired) electrons. The Labute approximate surface area is 196 Å². The van der Waals surface area contributed by atoms with Gasteiger partial charge in [-0.3, -0.25) is 19.7 Å². The maximum absolute atomic E-state index is 13.7. The second-order valence-corrected chi connectivity index (χ2v) is 9.45. The van der Waals surface area contributed by atoms with E-state index in [1.807, 2.05) is 36.4 Å². The lowest BCUT2D eigenvalue weighted by atomic mass is 9.98. The zero-order valence-electron chi connectivity index (χ0n) is 18.1. The van der Waals surface area contributed by atoms with E-state index in [0.29, 0.717) is 5.56 Å². The normalized spacial score (nSPS) is 11.5. The van der Waals surface area contributed by atoms with Gasteiger partial charge in [-0.15, -0.1) is 0 Å². The van der Waals surface area contributed by atoms with Crippen molar-refractivity contribution in [3.8, 4) is 22.3 Å². The monoisotopic (exact) mass is 470 g/mol. The zero-order chi connectivity index (χ0) is 23.7. The molecule has 0 spiro atoms. The highest BCUT2D eigenvalue weighted by Gasteiger charge is 2.18. The molecule has 5 rings (SSSR count). The van der Waals surface area contributed by atoms with Gasteiger partial charge in [-0.1, -0.05) is 12.1 Å². The van der Waals surface area contributed by atoms with Crippen molar-refractivity contribution < 1.29 is 12.8 Å². The number of hydrogen-bond acceptors (Lipinski definition) is 5. The Morgan fingerprint density at radius 2 is 1.62 bits per heavy atom. The summed E-state index contributed by atoms with van der Waals surface area (Å²) in [6.07, 6.45) is 8.33. The van der Waals surface area contributed by atoms with Gasteiger partial charge in [0.25, 0.3) is 10.0 Å². The number of rotatable bonds is 5. The molecule has 0 bridgehead atoms. The van der Waals surface area contributed by atoms with Crippen molar-refractivity contribution in [3.63, 3.8) is 0 Å². The minimum atomic E-state index is -3.99. The van der Waals surface area contributed by atoms with Crippen LogP contribution in [0.25, 0.3) is 33.2 Å². The summed E-state index contributed by atoms with van der Waals surface area (Å²) in [7, 11) is -3.99. The van der Waals surface area contributed by atoms with Crippen molar-refractivity contribution in [2.45, 2.75) is 11.8 Å². The lowest BCUT2D eigenvalue weighted by Crippen LogP contribution is -2.14. The van der Waals surface area contributed by atoms with Crippen molar-refractivity contribution in [2.75, 3.05) is 4.72 Å². The van der Waals surface area contributed by atoms with Crippen molar-refractivity contribution in [1.82, 2.24) is 15.0 Å². The average Bonchev–Trinajstić information content (AvgIpc) is 2.85. The molecular weight excluding hydrogens is 451 g/mol. The number of aryl methyl sites for hydroxylation is 1. The van der Waals surface area contributed by atoms with Crippen LogP contribution in [0.15, 0.2) is 96.5 Å². The van der Waals surface area contributed by atoms with Crippen LogP contribution >= 0.6 is 0 Å². The van der Waals surface area contributed by atoms with Crippen molar-refractivity contribution in [2.24, 2.45) is 0 Å². The molecule has 0 unspecified atom stereocenters. The molecular formula is C26H19FN4O2S. The molecule has 0 aliphatic heterocycles. The van der Waals surface area contributed by atoms with Gasteiger partial charge in [-0.25, -0.2) is 12.8 Å². The van der Waals surface area contributed by atoms with Gasteiger partial charge in [0.15, 0.2) is 0 Å². The summed E-state index contributed by atoms with van der Waals surface area (Å²) in [5.41, 5.74) is 5.18. The number of hydrogen-bond donors (Lipinski definition) is 1. The van der Waals surface area contributed by atoms with E-state index in [2.05, 4.69) is 19.7 Å². The predicted octanol–water partition coefficient (Wildman–Crippen LogP) is 5.61. The molecule has 34 heavy (non-hydrogen) atoms. The first-order valence-electron chi connectivity index (χ1n) is 10.4. The van der Waals surface area contributed by atoms with Gasteiger partial charge in [0, 0.05) is 35.7 Å². The predicted molar refractivity (Wildman–Crippen MR) is 130 cm³/mol. The first kappa shape index (κ1) is 21.7. The number of sulfonamides is 1. The second-order valence-electron chi connectivity index (χ2n) is 7.80. The van der Waals surface area contributed by atoms with Gasteiger partial charge in [-0.2, -0.15) is 0 Å². The minimum absolute atomic E-state index is 0.114. The molecule has 0 saturated carbocycles. The molecule has 0 atom stereocenters. The summed E-state index contributed by atoms with van der Waals surface area (Å²) in [6, 6.07) is 17.0. The molecule has 0 fully saturated rings. The Bertz CT molecular complexity index is 1620. The topological polar surface area (TPSA) is 84.8 Å². The number of halogens is 1. The number of pyridine rings is 3. The van der Waals surface area contributed by atoms with Crippen LogP contribution in [0.3, 0.4) is 0 Å². The number of nitrogens with one attached hydrogen (secondary N) is 1. The molecule has 3 aromatic heterocycles. The molecule has 0 aliphatic carbocycles. The SMILES string of the molecule is Cc1ccc(F)cc1S(=O)(=O)Nc1cncc(-c2ccc3nccc(-c4ccncc4)c3c2)c1. The van der Waals surface area contributed by atoms with Crippen LogP contribution in [0.2, 0.25) is 0 Å². The number of nitrogens with zero attached hydrogens (tertiary/aromatic N) is 3. The Morgan fingerprint density at radius 3 is 2.44 bits per heavy atom. The Hall–Kier alpha value is -4.17. The molecule has 0 amide bonds. The standard InChI is InChI=1S/C26H19FN4O2S/c1-17-2-4-21(27)14-26(17)34(32,33)31-22-12-20(15-29-16-22)19-3-5-25-24(13-19)23(8-11-30-25)18-6-9-28-10-7-18/h2-16,31H,1H3. The third-order valence-electron chi connectivity index (χ3n) is 5.50. The lowest BCUT2D eigenvalue weighted by Gasteiger charge is -2.12. The van der Waals surface area contributed by atoms with Gasteiger partial charge in [0.05, 0.1) is 22.3 Å². The third-order valence-corrected chi connectivity index (χ3v) is 7.02. The smallest absolute Gasteiger partial charge is 0.262 e. The highest BCUT2D eigenvalue weighted by Crippen LogP contribution is 2.32. The molecule has 5 aromatic rings. The summed E-state index contributed by atoms with van der Waals surface area (Å²) in [6.45, 7) is 1.62. The van der Waals surface area contributed by atoms with Crippen molar-refractivity contribution in [1.29, 1.82) is 0 Å². The summed E-state index contributed by atoms with van der Waals surface area (Å²) in [5, 5.41) is 0.951. The molecule has 6 nitrogen and oxygen atoms in total. The van der Waals surface area contributed by atoms with Crippen molar-refractivity contribution in [3.05, 3.63) is 103 Å². The maximum atomic E-state index is 13.7. The van der Waals surface area contributed by atoms with Crippen LogP contribution in [0, 0.1) is 12.7 Å². The molecule has 1 N–H and O–H groups in total. The second kappa shape index (κ2) is 8.64. The summed E-state index contributed by atoms with van der Waals surface area (Å²) in [5.74, 6) is -0.618. The molecule has 8 heteroatoms. The van der Waals surface area contributed by atoms with E-state index < -0.39 is 15.8 Å². The van der Waals surface area contributed by atoms with Gasteiger partial charge < -0.3 is 0 Å². The number of aromatic nitrogens is 3. The van der Waals surface area contributed by atoms with Crippen LogP contribution in [-0.2, 0) is 10.0 Å². The van der Waals surface area contributed by atoms with E-state index in [4.69, 9.17) is 0 Å². The quantitative estimate of drug-likeness (QED) is 0.361. The van der Waals surface area contributed by atoms with Gasteiger partial charge >= 0.3 is 0 Å². The average molecular weight is 471 g/mol. The fraction of sp³-hybridized carbons (Fsp3) is 0.0385. The van der Waals surface area contributed by atoms with Crippen LogP contribution < -0.4 is 4.72 Å². The van der Waals surface area contributed by atoms with E-state index in [-0.39, 0.29) is 10.6 Å². The van der Waals surface area contributed by atoms with E-state index in [1.165, 1.54) is 18.3 Å². The minimum Gasteiger partial charge on any atom is -0.278 e. The van der Waals surface area contributed by atoms with Gasteiger partial charge in [0.2, 0.25) is 0 Å². The fourth-order valence-corrected chi connectivity index (χ4v) is 5.13. The maximum Gasteiger partial charge on any atom is 0.262 e. The molecule has 168 valence electrons. The molecule has 0 aliphatic rings. The highest BCUT2D eigenvalue weighted by molar-refractivity contribution is 7.92. The highest BCUT2D eigenvalue weighted by atomic mass is 32.2. The third kappa shape index (κ3) is 4.23. The number of benzene rings is 2. The van der Waals surface area contributed by atoms with E-state index in [0.717, 1.165) is 39.2 Å². The lowest BCUT2D eigenvalue weighted by molar-refractivity contribution is 0.594. The van der Waals surface area contributed by atoms with Gasteiger partial charge in [-0.05, 0) is 77.7 Å². The summed E-state index contributed by atoms with van der Waals surface area (Å²) >= 11 is 0. The Morgan fingerprint density at radius 1 is 0.794 bits per heavy atom. The van der Waals surface area contributed by atoms with E-state index in [1.54, 1.807) is 37.8 Å². The van der Waals surface area contributed by atoms with Gasteiger partial charge in [0.1, 0.15) is 5.82 Å². The number of fused-ring (bicyclic) bond motifs is 1. The van der Waals surface area contributed by atoms with Crippen molar-refractivity contribution >= 4 is 26.6 Å². The fourth-order valence-electron chi connectivity index (χ4n) is 3.84. The summed E-state index contributed by atoms with van der Waals surface area (Å²) < 4.78 is 41.9. The largest absolute Gasteiger partial charge is 0.278 e. The van der Waals surface area contributed by atoms with E-state index in [9.17, 15) is 12.8 Å². The molecule has 2 aromatic carbocycles. The molecule has 0 saturated heterocycles. The molecule has 3 heterocycles. The van der Waals surface area contributed by atoms with Crippen LogP contribution in [0.5, 0.6) is 0 Å². The Balaban J connectivity index is 1.53. The van der Waals surface area contributed by atoms with E-state index >= 15 is 0 Å². The Kier molecular flexibility index (Phi) is 5.51.